The van der Waals surface area contributed by atoms with E-state index in [1.54, 1.807) is 13.4 Å². The molecular formula is C14H25N3O2. The molecule has 1 heterocycles. The topological polar surface area (TPSA) is 58.8 Å². The number of aliphatic imine (C=N–C) groups is 1. The third-order valence-corrected chi connectivity index (χ3v) is 2.80. The Balaban J connectivity index is 2.36. The minimum Gasteiger partial charge on any atom is -0.469 e. The maximum Gasteiger partial charge on any atom is 0.191 e. The Morgan fingerprint density at radius 2 is 2.37 bits per heavy atom. The summed E-state index contributed by atoms with van der Waals surface area (Å²) in [7, 11) is 1.68. The second-order valence-electron chi connectivity index (χ2n) is 4.43. The minimum atomic E-state index is 0.400. The zero-order chi connectivity index (χ0) is 13.9. The van der Waals surface area contributed by atoms with Crippen LogP contribution < -0.4 is 10.6 Å². The molecule has 0 aromatic carbocycles. The van der Waals surface area contributed by atoms with Crippen molar-refractivity contribution in [2.45, 2.75) is 32.7 Å². The molecule has 1 rings (SSSR count). The van der Waals surface area contributed by atoms with Gasteiger partial charge in [0.1, 0.15) is 5.76 Å². The van der Waals surface area contributed by atoms with Crippen molar-refractivity contribution < 1.29 is 9.15 Å². The Kier molecular flexibility index (Phi) is 7.74. The molecule has 0 saturated heterocycles. The lowest BCUT2D eigenvalue weighted by molar-refractivity contribution is 0.208. The van der Waals surface area contributed by atoms with Gasteiger partial charge < -0.3 is 19.8 Å². The van der Waals surface area contributed by atoms with Crippen LogP contribution in [0.2, 0.25) is 0 Å². The molecular weight excluding hydrogens is 242 g/mol. The Morgan fingerprint density at radius 3 is 3.00 bits per heavy atom. The highest BCUT2D eigenvalue weighted by molar-refractivity contribution is 5.80. The van der Waals surface area contributed by atoms with Gasteiger partial charge in [-0.05, 0) is 25.5 Å². The molecule has 1 aromatic heterocycles. The summed E-state index contributed by atoms with van der Waals surface area (Å²) in [5.41, 5.74) is 0. The van der Waals surface area contributed by atoms with Crippen LogP contribution in [0.1, 0.15) is 26.0 Å². The molecule has 2 N–H and O–H groups in total. The van der Waals surface area contributed by atoms with E-state index < -0.39 is 0 Å². The monoisotopic (exact) mass is 267 g/mol. The van der Waals surface area contributed by atoms with Gasteiger partial charge in [0.05, 0.1) is 19.4 Å². The fourth-order valence-corrected chi connectivity index (χ4v) is 1.50. The number of furan rings is 1. The van der Waals surface area contributed by atoms with Crippen molar-refractivity contribution in [1.29, 1.82) is 0 Å². The van der Waals surface area contributed by atoms with Crippen molar-refractivity contribution in [3.05, 3.63) is 24.2 Å². The first-order valence-corrected chi connectivity index (χ1v) is 6.82. The minimum absolute atomic E-state index is 0.400. The van der Waals surface area contributed by atoms with E-state index in [1.165, 1.54) is 0 Å². The fraction of sp³-hybridized carbons (Fsp3) is 0.643. The number of nitrogens with zero attached hydrogens (tertiary/aromatic N) is 1. The molecule has 108 valence electrons. The number of hydrogen-bond donors (Lipinski definition) is 2. The van der Waals surface area contributed by atoms with Gasteiger partial charge in [-0.1, -0.05) is 6.92 Å². The van der Waals surface area contributed by atoms with Crippen molar-refractivity contribution in [1.82, 2.24) is 10.6 Å². The fourth-order valence-electron chi connectivity index (χ4n) is 1.50. The van der Waals surface area contributed by atoms with Gasteiger partial charge in [-0.3, -0.25) is 4.99 Å². The Morgan fingerprint density at radius 1 is 1.53 bits per heavy atom. The van der Waals surface area contributed by atoms with Crippen LogP contribution in [-0.2, 0) is 11.2 Å². The molecule has 5 nitrogen and oxygen atoms in total. The number of hydrogen-bond acceptors (Lipinski definition) is 3. The summed E-state index contributed by atoms with van der Waals surface area (Å²) in [6.45, 7) is 6.37. The van der Waals surface area contributed by atoms with Crippen LogP contribution in [0.4, 0.5) is 0 Å². The van der Waals surface area contributed by atoms with Crippen molar-refractivity contribution in [2.75, 3.05) is 26.8 Å². The molecule has 0 amide bonds. The van der Waals surface area contributed by atoms with Crippen molar-refractivity contribution in [3.63, 3.8) is 0 Å². The maximum atomic E-state index is 5.30. The predicted octanol–water partition coefficient (Wildman–Crippen LogP) is 1.80. The number of guanidine groups is 1. The third kappa shape index (κ3) is 6.86. The highest BCUT2D eigenvalue weighted by Gasteiger charge is 2.03. The summed E-state index contributed by atoms with van der Waals surface area (Å²) < 4.78 is 10.3. The van der Waals surface area contributed by atoms with Gasteiger partial charge in [0.15, 0.2) is 5.96 Å². The summed E-state index contributed by atoms with van der Waals surface area (Å²) in [4.78, 5) is 4.46. The van der Waals surface area contributed by atoms with E-state index in [1.807, 2.05) is 12.1 Å². The molecule has 1 atom stereocenters. The van der Waals surface area contributed by atoms with Crippen LogP contribution in [0, 0.1) is 0 Å². The SMILES string of the molecule is CCC(C)NC(=NCCOC)NCCc1ccco1. The smallest absolute Gasteiger partial charge is 0.191 e. The summed E-state index contributed by atoms with van der Waals surface area (Å²) >= 11 is 0. The van der Waals surface area contributed by atoms with Crippen molar-refractivity contribution >= 4 is 5.96 Å². The molecule has 0 aliphatic heterocycles. The second kappa shape index (κ2) is 9.44. The lowest BCUT2D eigenvalue weighted by atomic mass is 10.3. The summed E-state index contributed by atoms with van der Waals surface area (Å²) in [6, 6.07) is 4.28. The van der Waals surface area contributed by atoms with Crippen LogP contribution in [0.5, 0.6) is 0 Å². The van der Waals surface area contributed by atoms with Gasteiger partial charge in [-0.2, -0.15) is 0 Å². The average molecular weight is 267 g/mol. The first kappa shape index (κ1) is 15.6. The Hall–Kier alpha value is -1.49. The lowest BCUT2D eigenvalue weighted by Gasteiger charge is -2.16. The first-order valence-electron chi connectivity index (χ1n) is 6.82. The van der Waals surface area contributed by atoms with Crippen LogP contribution in [0.3, 0.4) is 0 Å². The van der Waals surface area contributed by atoms with E-state index in [4.69, 9.17) is 9.15 Å². The highest BCUT2D eigenvalue weighted by Crippen LogP contribution is 1.99. The van der Waals surface area contributed by atoms with E-state index in [9.17, 15) is 0 Å². The lowest BCUT2D eigenvalue weighted by Crippen LogP contribution is -2.43. The second-order valence-corrected chi connectivity index (χ2v) is 4.43. The maximum absolute atomic E-state index is 5.30. The molecule has 0 bridgehead atoms. The summed E-state index contributed by atoms with van der Waals surface area (Å²) in [6.07, 6.45) is 3.60. The molecule has 0 fully saturated rings. The zero-order valence-corrected chi connectivity index (χ0v) is 12.1. The van der Waals surface area contributed by atoms with Crippen molar-refractivity contribution in [2.24, 2.45) is 4.99 Å². The number of nitrogens with one attached hydrogen (secondary N) is 2. The predicted molar refractivity (Wildman–Crippen MR) is 77.5 cm³/mol. The third-order valence-electron chi connectivity index (χ3n) is 2.80. The Labute approximate surface area is 115 Å². The Bertz CT molecular complexity index is 350. The summed E-state index contributed by atoms with van der Waals surface area (Å²) in [5, 5.41) is 6.66. The molecule has 0 saturated carbocycles. The van der Waals surface area contributed by atoms with E-state index in [0.717, 1.165) is 31.1 Å². The summed E-state index contributed by atoms with van der Waals surface area (Å²) in [5.74, 6) is 1.81. The molecule has 0 aliphatic carbocycles. The van der Waals surface area contributed by atoms with Gasteiger partial charge in [0.25, 0.3) is 0 Å². The highest BCUT2D eigenvalue weighted by atomic mass is 16.5. The molecule has 1 unspecified atom stereocenters. The number of methoxy groups -OCH3 is 1. The van der Waals surface area contributed by atoms with Crippen molar-refractivity contribution in [3.8, 4) is 0 Å². The van der Waals surface area contributed by atoms with Gasteiger partial charge in [-0.15, -0.1) is 0 Å². The molecule has 0 aliphatic rings. The standard InChI is InChI=1S/C14H25N3O2/c1-4-12(2)17-14(16-9-11-18-3)15-8-7-13-6-5-10-19-13/h5-6,10,12H,4,7-9,11H2,1-3H3,(H2,15,16,17). The van der Waals surface area contributed by atoms with E-state index >= 15 is 0 Å². The largest absolute Gasteiger partial charge is 0.469 e. The van der Waals surface area contributed by atoms with E-state index in [0.29, 0.717) is 19.2 Å². The molecule has 5 heteroatoms. The van der Waals surface area contributed by atoms with E-state index in [-0.39, 0.29) is 0 Å². The van der Waals surface area contributed by atoms with Crippen LogP contribution in [0.25, 0.3) is 0 Å². The van der Waals surface area contributed by atoms with E-state index in [2.05, 4.69) is 29.5 Å². The quantitative estimate of drug-likeness (QED) is 0.428. The van der Waals surface area contributed by atoms with Crippen LogP contribution >= 0.6 is 0 Å². The first-order chi connectivity index (χ1) is 9.26. The van der Waals surface area contributed by atoms with Gasteiger partial charge in [0.2, 0.25) is 0 Å². The molecule has 0 spiro atoms. The average Bonchev–Trinajstić information content (AvgIpc) is 2.91. The molecule has 1 aromatic rings. The van der Waals surface area contributed by atoms with Gasteiger partial charge >= 0.3 is 0 Å². The number of rotatable bonds is 8. The van der Waals surface area contributed by atoms with Gasteiger partial charge in [-0.25, -0.2) is 0 Å². The van der Waals surface area contributed by atoms with Gasteiger partial charge in [0, 0.05) is 26.1 Å². The zero-order valence-electron chi connectivity index (χ0n) is 12.1. The normalized spacial score (nSPS) is 13.3. The number of ether oxygens (including phenoxy) is 1. The molecule has 19 heavy (non-hydrogen) atoms. The van der Waals surface area contributed by atoms with Crippen LogP contribution in [0.15, 0.2) is 27.8 Å². The van der Waals surface area contributed by atoms with Crippen LogP contribution in [-0.4, -0.2) is 38.8 Å². The molecule has 0 radical (unpaired) electrons.